The zero-order valence-electron chi connectivity index (χ0n) is 12.4. The van der Waals surface area contributed by atoms with Crippen LogP contribution in [0.5, 0.6) is 0 Å². The topological polar surface area (TPSA) is 67.9 Å². The van der Waals surface area contributed by atoms with Crippen LogP contribution in [0.4, 0.5) is 0 Å². The quantitative estimate of drug-likeness (QED) is 0.792. The van der Waals surface area contributed by atoms with Crippen LogP contribution in [0, 0.1) is 0 Å². The fourth-order valence-electron chi connectivity index (χ4n) is 1.88. The second kappa shape index (κ2) is 6.34. The Morgan fingerprint density at radius 3 is 2.58 bits per heavy atom. The van der Waals surface area contributed by atoms with Gasteiger partial charge in [-0.25, -0.2) is 0 Å². The molecule has 0 spiro atoms. The smallest absolute Gasteiger partial charge is 0.255 e. The van der Waals surface area contributed by atoms with E-state index in [0.29, 0.717) is 13.2 Å². The second-order valence-corrected chi connectivity index (χ2v) is 5.47. The minimum atomic E-state index is -0.937. The van der Waals surface area contributed by atoms with Crippen molar-refractivity contribution in [1.82, 2.24) is 10.2 Å². The van der Waals surface area contributed by atoms with Gasteiger partial charge in [0.05, 0.1) is 13.2 Å². The summed E-state index contributed by atoms with van der Waals surface area (Å²) in [6.45, 7) is 8.23. The molecule has 1 N–H and O–H groups in total. The number of methoxy groups -OCH3 is 1. The van der Waals surface area contributed by atoms with Crippen molar-refractivity contribution in [2.45, 2.75) is 45.4 Å². The first-order valence-electron chi connectivity index (χ1n) is 6.54. The fourth-order valence-corrected chi connectivity index (χ4v) is 1.88. The van der Waals surface area contributed by atoms with Crippen LogP contribution in [0.1, 0.15) is 27.7 Å². The highest BCUT2D eigenvalue weighted by Gasteiger charge is 2.39. The Bertz CT molecular complexity index is 342. The summed E-state index contributed by atoms with van der Waals surface area (Å²) in [5, 5.41) is 2.81. The summed E-state index contributed by atoms with van der Waals surface area (Å²) in [5.74, 6) is -0.378. The van der Waals surface area contributed by atoms with Crippen molar-refractivity contribution in [3.05, 3.63) is 0 Å². The molecule has 0 aromatic carbocycles. The second-order valence-electron chi connectivity index (χ2n) is 5.47. The Morgan fingerprint density at radius 1 is 1.42 bits per heavy atom. The third kappa shape index (κ3) is 3.91. The van der Waals surface area contributed by atoms with Gasteiger partial charge in [0.2, 0.25) is 5.91 Å². The van der Waals surface area contributed by atoms with Gasteiger partial charge in [-0.1, -0.05) is 0 Å². The van der Waals surface area contributed by atoms with Gasteiger partial charge in [0.15, 0.2) is 0 Å². The van der Waals surface area contributed by atoms with Crippen LogP contribution in [-0.2, 0) is 19.1 Å². The number of amides is 2. The van der Waals surface area contributed by atoms with Crippen molar-refractivity contribution in [3.8, 4) is 0 Å². The monoisotopic (exact) mass is 272 g/mol. The van der Waals surface area contributed by atoms with Crippen molar-refractivity contribution in [1.29, 1.82) is 0 Å². The van der Waals surface area contributed by atoms with E-state index < -0.39 is 11.6 Å². The molecule has 1 unspecified atom stereocenters. The predicted octanol–water partition coefficient (Wildman–Crippen LogP) is 0.163. The van der Waals surface area contributed by atoms with Crippen LogP contribution < -0.4 is 5.32 Å². The van der Waals surface area contributed by atoms with Gasteiger partial charge in [-0.2, -0.15) is 0 Å². The van der Waals surface area contributed by atoms with Gasteiger partial charge in [0.1, 0.15) is 11.6 Å². The summed E-state index contributed by atoms with van der Waals surface area (Å²) in [7, 11) is 1.49. The molecular weight excluding hydrogens is 248 g/mol. The zero-order valence-corrected chi connectivity index (χ0v) is 12.4. The van der Waals surface area contributed by atoms with E-state index in [2.05, 4.69) is 5.32 Å². The molecule has 6 heteroatoms. The van der Waals surface area contributed by atoms with Crippen LogP contribution in [0.3, 0.4) is 0 Å². The summed E-state index contributed by atoms with van der Waals surface area (Å²) in [4.78, 5) is 26.1. The van der Waals surface area contributed by atoms with E-state index in [1.54, 1.807) is 18.7 Å². The number of hydrogen-bond donors (Lipinski definition) is 1. The van der Waals surface area contributed by atoms with Crippen molar-refractivity contribution in [2.75, 3.05) is 26.9 Å². The minimum absolute atomic E-state index is 0.0295. The highest BCUT2D eigenvalue weighted by atomic mass is 16.5. The number of carbonyl (C=O) groups excluding carboxylic acids is 2. The van der Waals surface area contributed by atoms with Gasteiger partial charge in [-0.3, -0.25) is 9.59 Å². The Balaban J connectivity index is 2.83. The molecule has 19 heavy (non-hydrogen) atoms. The maximum atomic E-state index is 12.4. The lowest BCUT2D eigenvalue weighted by Crippen LogP contribution is -2.60. The van der Waals surface area contributed by atoms with Gasteiger partial charge in [-0.15, -0.1) is 0 Å². The van der Waals surface area contributed by atoms with Crippen LogP contribution in [0.2, 0.25) is 0 Å². The fraction of sp³-hybridized carbons (Fsp3) is 0.846. The Labute approximate surface area is 114 Å². The van der Waals surface area contributed by atoms with Gasteiger partial charge >= 0.3 is 0 Å². The van der Waals surface area contributed by atoms with E-state index in [1.807, 2.05) is 13.8 Å². The molecule has 110 valence electrons. The van der Waals surface area contributed by atoms with Crippen molar-refractivity contribution < 1.29 is 19.1 Å². The van der Waals surface area contributed by atoms with E-state index in [1.165, 1.54) is 7.11 Å². The standard InChI is InChI=1S/C13H24N2O4/c1-9(2)14-11(16)10-8-19-7-6-15(10)12(17)13(3,4)18-5/h9-10H,6-8H2,1-5H3,(H,14,16). The molecule has 6 nitrogen and oxygen atoms in total. The van der Waals surface area contributed by atoms with E-state index in [-0.39, 0.29) is 24.5 Å². The number of morpholine rings is 1. The first-order chi connectivity index (χ1) is 8.79. The number of nitrogens with one attached hydrogen (secondary N) is 1. The third-order valence-corrected chi connectivity index (χ3v) is 3.15. The summed E-state index contributed by atoms with van der Waals surface area (Å²) >= 11 is 0. The molecule has 1 fully saturated rings. The van der Waals surface area contributed by atoms with Crippen LogP contribution in [-0.4, -0.2) is 61.3 Å². The first-order valence-corrected chi connectivity index (χ1v) is 6.54. The van der Waals surface area contributed by atoms with E-state index in [9.17, 15) is 9.59 Å². The van der Waals surface area contributed by atoms with Gasteiger partial charge in [0, 0.05) is 19.7 Å². The number of hydrogen-bond acceptors (Lipinski definition) is 4. The van der Waals surface area contributed by atoms with Crippen LogP contribution >= 0.6 is 0 Å². The highest BCUT2D eigenvalue weighted by Crippen LogP contribution is 2.17. The molecule has 0 saturated carbocycles. The molecule has 1 atom stereocenters. The van der Waals surface area contributed by atoms with E-state index >= 15 is 0 Å². The number of nitrogens with zero attached hydrogens (tertiary/aromatic N) is 1. The van der Waals surface area contributed by atoms with E-state index in [4.69, 9.17) is 9.47 Å². The lowest BCUT2D eigenvalue weighted by atomic mass is 10.1. The van der Waals surface area contributed by atoms with Gasteiger partial charge in [0.25, 0.3) is 5.91 Å². The SMILES string of the molecule is COC(C)(C)C(=O)N1CCOCC1C(=O)NC(C)C. The molecule has 2 amide bonds. The molecule has 1 aliphatic heterocycles. The summed E-state index contributed by atoms with van der Waals surface area (Å²) < 4.78 is 10.5. The predicted molar refractivity (Wildman–Crippen MR) is 70.7 cm³/mol. The largest absolute Gasteiger partial charge is 0.377 e. The van der Waals surface area contributed by atoms with E-state index in [0.717, 1.165) is 0 Å². The third-order valence-electron chi connectivity index (χ3n) is 3.15. The minimum Gasteiger partial charge on any atom is -0.377 e. The van der Waals surface area contributed by atoms with Crippen molar-refractivity contribution in [2.24, 2.45) is 0 Å². The maximum absolute atomic E-state index is 12.4. The van der Waals surface area contributed by atoms with Crippen molar-refractivity contribution >= 4 is 11.8 Å². The van der Waals surface area contributed by atoms with Crippen LogP contribution in [0.15, 0.2) is 0 Å². The number of rotatable bonds is 4. The summed E-state index contributed by atoms with van der Waals surface area (Å²) in [6, 6.07) is -0.556. The average molecular weight is 272 g/mol. The molecule has 1 saturated heterocycles. The van der Waals surface area contributed by atoms with Crippen molar-refractivity contribution in [3.63, 3.8) is 0 Å². The Hall–Kier alpha value is -1.14. The number of carbonyl (C=O) groups is 2. The normalized spacial score (nSPS) is 20.5. The molecule has 0 aromatic heterocycles. The average Bonchev–Trinajstić information content (AvgIpc) is 2.37. The summed E-state index contributed by atoms with van der Waals surface area (Å²) in [6.07, 6.45) is 0. The van der Waals surface area contributed by atoms with Crippen LogP contribution in [0.25, 0.3) is 0 Å². The molecule has 1 heterocycles. The Kier molecular flexibility index (Phi) is 5.31. The molecule has 1 aliphatic rings. The molecule has 0 aromatic rings. The molecule has 1 rings (SSSR count). The Morgan fingerprint density at radius 2 is 2.05 bits per heavy atom. The lowest BCUT2D eigenvalue weighted by Gasteiger charge is -2.38. The zero-order chi connectivity index (χ0) is 14.6. The molecular formula is C13H24N2O4. The van der Waals surface area contributed by atoms with Gasteiger partial charge in [-0.05, 0) is 27.7 Å². The first kappa shape index (κ1) is 15.9. The van der Waals surface area contributed by atoms with Gasteiger partial charge < -0.3 is 19.7 Å². The summed E-state index contributed by atoms with van der Waals surface area (Å²) in [5.41, 5.74) is -0.937. The molecule has 0 aliphatic carbocycles. The maximum Gasteiger partial charge on any atom is 0.255 e. The molecule has 0 radical (unpaired) electrons. The molecule has 0 bridgehead atoms. The highest BCUT2D eigenvalue weighted by molar-refractivity contribution is 5.91. The number of ether oxygens (including phenoxy) is 2. The lowest BCUT2D eigenvalue weighted by molar-refractivity contribution is -0.163.